The largest absolute Gasteiger partial charge is 0.397 e. The number of aromatic nitrogens is 18. The summed E-state index contributed by atoms with van der Waals surface area (Å²) < 4.78 is 113. The first-order valence-electron chi connectivity index (χ1n) is 36.5. The number of aryl methyl sites for hydroxylation is 3. The first-order chi connectivity index (χ1) is 55.8. The number of rotatable bonds is 21. The minimum atomic E-state index is -3.18. The number of hydrogen-bond donors (Lipinski definition) is 8. The van der Waals surface area contributed by atoms with Crippen LogP contribution in [0.1, 0.15) is 29.2 Å². The summed E-state index contributed by atoms with van der Waals surface area (Å²) in [5, 5.41) is 28.7. The smallest absolute Gasteiger partial charge is 0.159 e. The lowest BCUT2D eigenvalue weighted by Gasteiger charge is -2.07. The molecule has 0 unspecified atom stereocenters. The van der Waals surface area contributed by atoms with Crippen LogP contribution >= 0.6 is 0 Å². The van der Waals surface area contributed by atoms with E-state index in [-0.39, 0.29) is 36.5 Å². The third-order valence-corrected chi connectivity index (χ3v) is 22.3. The van der Waals surface area contributed by atoms with E-state index in [0.717, 1.165) is 91.0 Å². The molecule has 12 heterocycles. The van der Waals surface area contributed by atoms with E-state index in [1.54, 1.807) is 74.0 Å². The summed E-state index contributed by atoms with van der Waals surface area (Å²) in [4.78, 5) is 50.2. The highest BCUT2D eigenvalue weighted by Crippen LogP contribution is 2.39. The number of aromatic amines is 6. The van der Waals surface area contributed by atoms with E-state index < -0.39 is 47.0 Å². The molecule has 0 atom stereocenters. The van der Waals surface area contributed by atoms with Crippen LogP contribution in [0, 0.1) is 17.5 Å². The third kappa shape index (κ3) is 17.2. The van der Waals surface area contributed by atoms with Gasteiger partial charge >= 0.3 is 0 Å². The van der Waals surface area contributed by atoms with Crippen molar-refractivity contribution in [1.29, 1.82) is 0 Å². The van der Waals surface area contributed by atoms with Gasteiger partial charge in [0, 0.05) is 131 Å². The third-order valence-electron chi connectivity index (χ3n) is 19.4. The van der Waals surface area contributed by atoms with Gasteiger partial charge in [-0.15, -0.1) is 0 Å². The second-order valence-electron chi connectivity index (χ2n) is 28.3. The van der Waals surface area contributed by atoms with E-state index in [0.29, 0.717) is 123 Å². The molecule has 18 rings (SSSR count). The summed E-state index contributed by atoms with van der Waals surface area (Å²) in [6.07, 6.45) is 24.6. The van der Waals surface area contributed by atoms with Gasteiger partial charge in [0.05, 0.1) is 91.2 Å². The van der Waals surface area contributed by atoms with Crippen LogP contribution < -0.4 is 11.1 Å². The lowest BCUT2D eigenvalue weighted by Crippen LogP contribution is -2.11. The molecule has 18 aromatic rings. The van der Waals surface area contributed by atoms with Crippen LogP contribution in [0.3, 0.4) is 0 Å². The molecule has 0 saturated heterocycles. The summed E-state index contributed by atoms with van der Waals surface area (Å²) >= 11 is 0. The van der Waals surface area contributed by atoms with E-state index >= 15 is 0 Å². The SMILES string of the molecule is CCNCc1cncc(-c2ccc3[nH]nc(-c4nc5c(-c6cc(F)cc(CCS(C)(=O)=O)c6)cncc5[nH]4)c3c2)c1.CS(=O)(=O)CCc1cc(F)cc(-c2cncc3[nH]c(-c4n[nH]c5ccc(-c6cccnc6)cc45)nc23)c1.CS(=O)(=O)CCc1cc(F)cc(-c2cncc3[nH]c(-c4n[nH]c5ccc(-c6cncc(N)c6)cc45)nc23)c1. The Hall–Kier alpha value is -13.6. The zero-order valence-electron chi connectivity index (χ0n) is 62.5. The number of imidazole rings is 3. The number of nitrogens with zero attached hydrogens (tertiary/aromatic N) is 12. The van der Waals surface area contributed by atoms with Crippen LogP contribution in [-0.2, 0) is 55.3 Å². The van der Waals surface area contributed by atoms with Gasteiger partial charge < -0.3 is 26.0 Å². The summed E-state index contributed by atoms with van der Waals surface area (Å²) in [7, 11) is -9.54. The Morgan fingerprint density at radius 2 is 0.724 bits per heavy atom. The van der Waals surface area contributed by atoms with Crippen molar-refractivity contribution in [3.63, 3.8) is 0 Å². The Morgan fingerprint density at radius 3 is 1.09 bits per heavy atom. The highest BCUT2D eigenvalue weighted by Gasteiger charge is 2.23. The molecule has 12 aromatic heterocycles. The summed E-state index contributed by atoms with van der Waals surface area (Å²) in [5.74, 6) is 0.0806. The number of pyridine rings is 6. The molecule has 0 saturated carbocycles. The molecular formula is C84H71F3N20O6S3. The van der Waals surface area contributed by atoms with E-state index in [2.05, 4.69) is 99.8 Å². The van der Waals surface area contributed by atoms with Crippen molar-refractivity contribution in [2.45, 2.75) is 32.7 Å². The monoisotopic (exact) mass is 1610 g/mol. The van der Waals surface area contributed by atoms with Crippen molar-refractivity contribution in [2.75, 3.05) is 48.3 Å². The van der Waals surface area contributed by atoms with E-state index in [1.807, 2.05) is 85.3 Å². The maximum absolute atomic E-state index is 14.6. The maximum Gasteiger partial charge on any atom is 0.159 e. The fraction of sp³-hybridized carbons (Fsp3) is 0.143. The second-order valence-corrected chi connectivity index (χ2v) is 35.1. The molecule has 32 heteroatoms. The minimum absolute atomic E-state index is 0.0574. The van der Waals surface area contributed by atoms with Crippen molar-refractivity contribution in [1.82, 2.24) is 95.7 Å². The lowest BCUT2D eigenvalue weighted by atomic mass is 10.0. The molecule has 0 spiro atoms. The number of anilines is 1. The standard InChI is InChI=1S/C30H28FN7O2S.C27H22FN7O2S.C27H21FN6O2S/c1-3-32-13-19-9-22(15-33-14-19)20-4-5-26-24(12-20)29(38-37-26)30-35-27-17-34-16-25(28(27)36-30)21-8-18(10-23(31)11-21)6-7-41(2,39)40;1-38(36,37)5-4-15-6-17(8-19(28)7-15)22-13-31-14-24-25(22)33-27(32-24)26-21-10-16(2-3-23(21)34-35-26)18-9-20(29)12-30-11-18;1-37(35,36)8-6-16-9-19(11-20(28)10-16)22-14-30-15-24-25(22)32-27(31-24)26-21-12-17(4-5-23(21)33-34-26)18-3-2-7-29-13-18/h4-5,8-12,14-17,32H,3,6-7,13H2,1-2H3,(H,35,36)(H,37,38);2-3,6-14H,4-5,29H2,1H3,(H,32,33)(H,34,35);2-5,7,9-15H,6,8H2,1H3,(H,31,32)(H,33,34). The Morgan fingerprint density at radius 1 is 0.362 bits per heavy atom. The van der Waals surface area contributed by atoms with E-state index in [1.165, 1.54) is 48.9 Å². The second kappa shape index (κ2) is 31.8. The number of nitrogens with two attached hydrogens (primary N) is 1. The Labute approximate surface area is 661 Å². The van der Waals surface area contributed by atoms with Crippen molar-refractivity contribution in [3.8, 4) is 101 Å². The molecule has 116 heavy (non-hydrogen) atoms. The first kappa shape index (κ1) is 76.4. The quantitative estimate of drug-likeness (QED) is 0.0331. The topological polar surface area (TPSA) is 390 Å². The zero-order chi connectivity index (χ0) is 80.6. The summed E-state index contributed by atoms with van der Waals surface area (Å²) in [6, 6.07) is 39.5. The molecular weight excluding hydrogens is 1540 g/mol. The van der Waals surface area contributed by atoms with Crippen LogP contribution in [0.15, 0.2) is 208 Å². The predicted molar refractivity (Wildman–Crippen MR) is 445 cm³/mol. The predicted octanol–water partition coefficient (Wildman–Crippen LogP) is 14.6. The van der Waals surface area contributed by atoms with Crippen LogP contribution in [0.2, 0.25) is 0 Å². The number of sulfone groups is 3. The summed E-state index contributed by atoms with van der Waals surface area (Å²) in [5.41, 5.74) is 27.1. The highest BCUT2D eigenvalue weighted by atomic mass is 32.2. The van der Waals surface area contributed by atoms with Gasteiger partial charge in [-0.05, 0) is 172 Å². The van der Waals surface area contributed by atoms with Crippen LogP contribution in [0.4, 0.5) is 18.9 Å². The number of nitrogens with one attached hydrogen (secondary N) is 7. The van der Waals surface area contributed by atoms with Crippen LogP contribution in [0.5, 0.6) is 0 Å². The molecule has 0 fully saturated rings. The van der Waals surface area contributed by atoms with E-state index in [4.69, 9.17) is 20.7 Å². The maximum atomic E-state index is 14.6. The number of nitrogen functional groups attached to an aromatic ring is 1. The van der Waals surface area contributed by atoms with Crippen LogP contribution in [0.25, 0.3) is 167 Å². The molecule has 0 aliphatic heterocycles. The normalized spacial score (nSPS) is 12.0. The number of fused-ring (bicyclic) bond motifs is 6. The average Bonchev–Trinajstić information content (AvgIpc) is 1.62. The van der Waals surface area contributed by atoms with Gasteiger partial charge in [-0.3, -0.25) is 45.2 Å². The average molecular weight is 1610 g/mol. The Bertz CT molecular complexity index is 7170. The lowest BCUT2D eigenvalue weighted by molar-refractivity contribution is 0.599. The molecule has 0 aliphatic rings. The van der Waals surface area contributed by atoms with Crippen molar-refractivity contribution >= 4 is 101 Å². The number of hydrogen-bond acceptors (Lipinski definition) is 20. The summed E-state index contributed by atoms with van der Waals surface area (Å²) in [6.45, 7) is 3.70. The molecule has 582 valence electrons. The van der Waals surface area contributed by atoms with Crippen molar-refractivity contribution in [2.24, 2.45) is 0 Å². The zero-order valence-corrected chi connectivity index (χ0v) is 65.0. The van der Waals surface area contributed by atoms with Gasteiger partial charge in [0.2, 0.25) is 0 Å². The van der Waals surface area contributed by atoms with Gasteiger partial charge in [-0.25, -0.2) is 53.4 Å². The van der Waals surface area contributed by atoms with Crippen molar-refractivity contribution in [3.05, 3.63) is 248 Å². The number of benzene rings is 6. The molecule has 0 amide bonds. The first-order valence-corrected chi connectivity index (χ1v) is 42.7. The van der Waals surface area contributed by atoms with Gasteiger partial charge in [-0.1, -0.05) is 49.4 Å². The van der Waals surface area contributed by atoms with E-state index in [9.17, 15) is 38.4 Å². The number of H-pyrrole nitrogens is 6. The molecule has 9 N–H and O–H groups in total. The molecule has 0 radical (unpaired) electrons. The van der Waals surface area contributed by atoms with Gasteiger partial charge in [0.25, 0.3) is 0 Å². The fourth-order valence-corrected chi connectivity index (χ4v) is 15.6. The highest BCUT2D eigenvalue weighted by molar-refractivity contribution is 7.91. The van der Waals surface area contributed by atoms with Gasteiger partial charge in [0.1, 0.15) is 64.0 Å². The Balaban J connectivity index is 0.000000131. The minimum Gasteiger partial charge on any atom is -0.397 e. The Kier molecular flexibility index (Phi) is 20.9. The van der Waals surface area contributed by atoms with Crippen LogP contribution in [-0.4, -0.2) is 158 Å². The number of halogens is 3. The fourth-order valence-electron chi connectivity index (χ4n) is 13.8. The molecule has 6 aromatic carbocycles. The van der Waals surface area contributed by atoms with Crippen molar-refractivity contribution < 1.29 is 38.4 Å². The van der Waals surface area contributed by atoms with Gasteiger partial charge in [-0.2, -0.15) is 15.3 Å². The van der Waals surface area contributed by atoms with Gasteiger partial charge in [0.15, 0.2) is 17.5 Å². The molecule has 0 bridgehead atoms. The molecule has 0 aliphatic carbocycles. The molecule has 26 nitrogen and oxygen atoms in total.